The SMILES string of the molecule is CCC1=NOC(CN2CCN(C(=O)c3ccc[nH]3)CC2)C1. The fourth-order valence-electron chi connectivity index (χ4n) is 2.85. The van der Waals surface area contributed by atoms with E-state index in [-0.39, 0.29) is 12.0 Å². The Kier molecular flexibility index (Phi) is 4.24. The number of carbonyl (C=O) groups excluding carboxylic acids is 1. The van der Waals surface area contributed by atoms with Crippen molar-refractivity contribution >= 4 is 11.6 Å². The average Bonchev–Trinajstić information content (AvgIpc) is 3.19. The largest absolute Gasteiger partial charge is 0.391 e. The summed E-state index contributed by atoms with van der Waals surface area (Å²) in [5.41, 5.74) is 1.82. The van der Waals surface area contributed by atoms with Crippen molar-refractivity contribution in [2.45, 2.75) is 25.9 Å². The van der Waals surface area contributed by atoms with Crippen molar-refractivity contribution in [1.29, 1.82) is 0 Å². The standard InChI is InChI=1S/C15H22N4O2/c1-2-12-10-13(21-17-12)11-18-6-8-19(9-7-18)15(20)14-4-3-5-16-14/h3-5,13,16H,2,6-11H2,1H3. The zero-order valence-electron chi connectivity index (χ0n) is 12.4. The van der Waals surface area contributed by atoms with Crippen LogP contribution >= 0.6 is 0 Å². The molecule has 6 nitrogen and oxygen atoms in total. The number of rotatable bonds is 4. The number of oxime groups is 1. The summed E-state index contributed by atoms with van der Waals surface area (Å²) in [6.07, 6.45) is 3.88. The summed E-state index contributed by atoms with van der Waals surface area (Å²) >= 11 is 0. The first-order valence-electron chi connectivity index (χ1n) is 7.63. The number of nitrogens with zero attached hydrogens (tertiary/aromatic N) is 3. The van der Waals surface area contributed by atoms with Gasteiger partial charge in [-0.05, 0) is 18.6 Å². The molecule has 0 radical (unpaired) electrons. The van der Waals surface area contributed by atoms with Crippen LogP contribution in [0.4, 0.5) is 0 Å². The summed E-state index contributed by atoms with van der Waals surface area (Å²) in [6.45, 7) is 6.34. The number of piperazine rings is 1. The maximum Gasteiger partial charge on any atom is 0.270 e. The van der Waals surface area contributed by atoms with Gasteiger partial charge in [0.2, 0.25) is 0 Å². The minimum absolute atomic E-state index is 0.0911. The quantitative estimate of drug-likeness (QED) is 0.910. The molecule has 1 amide bonds. The molecule has 2 aliphatic rings. The zero-order valence-corrected chi connectivity index (χ0v) is 12.4. The first-order valence-corrected chi connectivity index (χ1v) is 7.63. The van der Waals surface area contributed by atoms with E-state index in [4.69, 9.17) is 4.84 Å². The van der Waals surface area contributed by atoms with Crippen LogP contribution in [0.1, 0.15) is 30.3 Å². The van der Waals surface area contributed by atoms with Crippen molar-refractivity contribution < 1.29 is 9.63 Å². The van der Waals surface area contributed by atoms with Gasteiger partial charge in [-0.15, -0.1) is 0 Å². The molecule has 6 heteroatoms. The van der Waals surface area contributed by atoms with Gasteiger partial charge in [0.1, 0.15) is 11.8 Å². The van der Waals surface area contributed by atoms with Crippen LogP contribution < -0.4 is 0 Å². The molecule has 114 valence electrons. The third kappa shape index (κ3) is 3.26. The van der Waals surface area contributed by atoms with Crippen molar-refractivity contribution in [3.8, 4) is 0 Å². The summed E-state index contributed by atoms with van der Waals surface area (Å²) < 4.78 is 0. The molecule has 1 atom stereocenters. The molecule has 0 aliphatic carbocycles. The Morgan fingerprint density at radius 2 is 2.24 bits per heavy atom. The maximum atomic E-state index is 12.2. The van der Waals surface area contributed by atoms with Gasteiger partial charge in [0.05, 0.1) is 5.71 Å². The van der Waals surface area contributed by atoms with E-state index in [0.29, 0.717) is 5.69 Å². The van der Waals surface area contributed by atoms with Gasteiger partial charge >= 0.3 is 0 Å². The second-order valence-corrected chi connectivity index (χ2v) is 5.62. The predicted octanol–water partition coefficient (Wildman–Crippen LogP) is 1.33. The molecule has 0 spiro atoms. The lowest BCUT2D eigenvalue weighted by atomic mass is 10.1. The van der Waals surface area contributed by atoms with E-state index < -0.39 is 0 Å². The lowest BCUT2D eigenvalue weighted by molar-refractivity contribution is 0.0323. The first kappa shape index (κ1) is 14.1. The van der Waals surface area contributed by atoms with E-state index in [1.807, 2.05) is 17.0 Å². The van der Waals surface area contributed by atoms with Crippen LogP contribution in [-0.4, -0.2) is 65.2 Å². The van der Waals surface area contributed by atoms with E-state index in [2.05, 4.69) is 22.0 Å². The Bertz CT molecular complexity index is 504. The molecule has 3 rings (SSSR count). The van der Waals surface area contributed by atoms with Crippen LogP contribution in [0, 0.1) is 0 Å². The van der Waals surface area contributed by atoms with Gasteiger partial charge in [0.25, 0.3) is 5.91 Å². The summed E-state index contributed by atoms with van der Waals surface area (Å²) in [6, 6.07) is 3.68. The molecule has 0 saturated carbocycles. The van der Waals surface area contributed by atoms with Crippen molar-refractivity contribution in [2.75, 3.05) is 32.7 Å². The maximum absolute atomic E-state index is 12.2. The van der Waals surface area contributed by atoms with E-state index in [9.17, 15) is 4.79 Å². The smallest absolute Gasteiger partial charge is 0.270 e. The number of aromatic amines is 1. The van der Waals surface area contributed by atoms with Crippen LogP contribution in [0.25, 0.3) is 0 Å². The predicted molar refractivity (Wildman–Crippen MR) is 80.4 cm³/mol. The van der Waals surface area contributed by atoms with Crippen LogP contribution in [0.5, 0.6) is 0 Å². The fourth-order valence-corrected chi connectivity index (χ4v) is 2.85. The normalized spacial score (nSPS) is 23.0. The minimum atomic E-state index is 0.0911. The van der Waals surface area contributed by atoms with Crippen molar-refractivity contribution in [2.24, 2.45) is 5.16 Å². The third-order valence-electron chi connectivity index (χ3n) is 4.15. The van der Waals surface area contributed by atoms with Gasteiger partial charge in [0, 0.05) is 45.3 Å². The molecule has 1 N–H and O–H groups in total. The highest BCUT2D eigenvalue weighted by molar-refractivity contribution is 5.92. The molecule has 1 unspecified atom stereocenters. The summed E-state index contributed by atoms with van der Waals surface area (Å²) in [7, 11) is 0. The number of hydrogen-bond donors (Lipinski definition) is 1. The van der Waals surface area contributed by atoms with E-state index in [1.165, 1.54) is 0 Å². The van der Waals surface area contributed by atoms with Gasteiger partial charge in [-0.3, -0.25) is 9.69 Å². The highest BCUT2D eigenvalue weighted by Crippen LogP contribution is 2.15. The van der Waals surface area contributed by atoms with Crippen LogP contribution in [0.2, 0.25) is 0 Å². The van der Waals surface area contributed by atoms with Crippen molar-refractivity contribution in [3.05, 3.63) is 24.0 Å². The minimum Gasteiger partial charge on any atom is -0.391 e. The Morgan fingerprint density at radius 3 is 2.86 bits per heavy atom. The molecular weight excluding hydrogens is 268 g/mol. The van der Waals surface area contributed by atoms with Crippen molar-refractivity contribution in [3.63, 3.8) is 0 Å². The molecule has 1 fully saturated rings. The molecule has 21 heavy (non-hydrogen) atoms. The van der Waals surface area contributed by atoms with Crippen LogP contribution in [0.3, 0.4) is 0 Å². The summed E-state index contributed by atoms with van der Waals surface area (Å²) in [5, 5.41) is 4.10. The summed E-state index contributed by atoms with van der Waals surface area (Å²) in [4.78, 5) is 24.9. The molecule has 1 saturated heterocycles. The Morgan fingerprint density at radius 1 is 1.43 bits per heavy atom. The molecule has 1 aromatic rings. The van der Waals surface area contributed by atoms with Gasteiger partial charge in [0.15, 0.2) is 0 Å². The lowest BCUT2D eigenvalue weighted by Crippen LogP contribution is -2.50. The van der Waals surface area contributed by atoms with Gasteiger partial charge in [-0.25, -0.2) is 0 Å². The topological polar surface area (TPSA) is 60.9 Å². The molecule has 1 aromatic heterocycles. The zero-order chi connectivity index (χ0) is 14.7. The second-order valence-electron chi connectivity index (χ2n) is 5.62. The van der Waals surface area contributed by atoms with E-state index >= 15 is 0 Å². The lowest BCUT2D eigenvalue weighted by Gasteiger charge is -2.35. The number of carbonyl (C=O) groups is 1. The first-order chi connectivity index (χ1) is 10.3. The van der Waals surface area contributed by atoms with Crippen LogP contribution in [-0.2, 0) is 4.84 Å². The highest BCUT2D eigenvalue weighted by atomic mass is 16.6. The van der Waals surface area contributed by atoms with Crippen molar-refractivity contribution in [1.82, 2.24) is 14.8 Å². The molecule has 0 bridgehead atoms. The molecule has 3 heterocycles. The van der Waals surface area contributed by atoms with Gasteiger partial charge in [-0.1, -0.05) is 12.1 Å². The molecule has 0 aromatic carbocycles. The average molecular weight is 290 g/mol. The number of nitrogens with one attached hydrogen (secondary N) is 1. The number of amides is 1. The monoisotopic (exact) mass is 290 g/mol. The number of hydrogen-bond acceptors (Lipinski definition) is 4. The molecule has 2 aliphatic heterocycles. The number of H-pyrrole nitrogens is 1. The van der Waals surface area contributed by atoms with Gasteiger partial charge in [-0.2, -0.15) is 0 Å². The fraction of sp³-hybridized carbons (Fsp3) is 0.600. The summed E-state index contributed by atoms with van der Waals surface area (Å²) in [5.74, 6) is 0.0911. The third-order valence-corrected chi connectivity index (χ3v) is 4.15. The Balaban J connectivity index is 1.44. The van der Waals surface area contributed by atoms with Gasteiger partial charge < -0.3 is 14.7 Å². The highest BCUT2D eigenvalue weighted by Gasteiger charge is 2.27. The second kappa shape index (κ2) is 6.30. The molecular formula is C15H22N4O2. The van der Waals surface area contributed by atoms with Crippen LogP contribution in [0.15, 0.2) is 23.5 Å². The van der Waals surface area contributed by atoms with E-state index in [1.54, 1.807) is 6.20 Å². The number of aromatic nitrogens is 1. The Hall–Kier alpha value is -1.82. The van der Waals surface area contributed by atoms with E-state index in [0.717, 1.165) is 51.3 Å². The Labute approximate surface area is 124 Å².